The Balaban J connectivity index is 1.31. The topological polar surface area (TPSA) is 51.7 Å². The van der Waals surface area contributed by atoms with Gasteiger partial charge in [0.15, 0.2) is 5.82 Å². The summed E-state index contributed by atoms with van der Waals surface area (Å²) in [4.78, 5) is 19.5. The second-order valence-corrected chi connectivity index (χ2v) is 8.91. The summed E-state index contributed by atoms with van der Waals surface area (Å²) in [5.41, 5.74) is 0.696. The molecule has 0 spiro atoms. The molecule has 0 radical (unpaired) electrons. The van der Waals surface area contributed by atoms with Crippen molar-refractivity contribution in [3.63, 3.8) is 0 Å². The van der Waals surface area contributed by atoms with E-state index in [2.05, 4.69) is 4.98 Å². The molecule has 0 N–H and O–H groups in total. The first-order valence-corrected chi connectivity index (χ1v) is 11.7. The van der Waals surface area contributed by atoms with Crippen molar-refractivity contribution in [1.82, 2.24) is 9.88 Å². The van der Waals surface area contributed by atoms with Crippen LogP contribution in [-0.2, 0) is 0 Å². The van der Waals surface area contributed by atoms with E-state index in [4.69, 9.17) is 9.47 Å². The molecular weight excluding hydrogens is 446 g/mol. The van der Waals surface area contributed by atoms with Crippen molar-refractivity contribution in [2.24, 2.45) is 0 Å². The number of fused-ring (bicyclic) bond motifs is 2. The number of carbonyl (C=O) groups is 1. The predicted octanol–water partition coefficient (Wildman–Crippen LogP) is 5.81. The Labute approximate surface area is 193 Å². The molecule has 0 atom stereocenters. The van der Waals surface area contributed by atoms with E-state index in [-0.39, 0.29) is 17.5 Å². The minimum atomic E-state index is -0.697. The number of hydrogen-bond acceptors (Lipinski definition) is 5. The van der Waals surface area contributed by atoms with Crippen molar-refractivity contribution in [2.75, 3.05) is 19.7 Å². The van der Waals surface area contributed by atoms with E-state index in [1.165, 1.54) is 6.07 Å². The molecule has 5 nitrogen and oxygen atoms in total. The zero-order valence-corrected chi connectivity index (χ0v) is 18.8. The molecule has 3 aromatic carbocycles. The molecule has 1 saturated heterocycles. The Hall–Kier alpha value is -3.26. The van der Waals surface area contributed by atoms with Gasteiger partial charge in [-0.15, -0.1) is 0 Å². The van der Waals surface area contributed by atoms with E-state index in [1.54, 1.807) is 0 Å². The van der Waals surface area contributed by atoms with E-state index in [1.807, 2.05) is 48.2 Å². The number of amides is 1. The number of benzene rings is 3. The Morgan fingerprint density at radius 2 is 1.94 bits per heavy atom. The molecule has 1 aliphatic heterocycles. The lowest BCUT2D eigenvalue weighted by molar-refractivity contribution is 0.0594. The lowest BCUT2D eigenvalue weighted by atomic mass is 10.0. The summed E-state index contributed by atoms with van der Waals surface area (Å²) in [7, 11) is 0. The highest BCUT2D eigenvalue weighted by Crippen LogP contribution is 2.33. The van der Waals surface area contributed by atoms with Crippen LogP contribution in [0.25, 0.3) is 21.0 Å². The van der Waals surface area contributed by atoms with Gasteiger partial charge in [0.05, 0.1) is 16.9 Å². The fourth-order valence-electron chi connectivity index (χ4n) is 4.21. The van der Waals surface area contributed by atoms with Crippen LogP contribution in [-0.4, -0.2) is 41.6 Å². The molecule has 33 heavy (non-hydrogen) atoms. The number of ether oxygens (including phenoxy) is 2. The zero-order chi connectivity index (χ0) is 22.9. The van der Waals surface area contributed by atoms with E-state index >= 15 is 0 Å². The Morgan fingerprint density at radius 1 is 1.15 bits per heavy atom. The van der Waals surface area contributed by atoms with Gasteiger partial charge in [0, 0.05) is 32.0 Å². The van der Waals surface area contributed by atoms with Gasteiger partial charge in [0.2, 0.25) is 0 Å². The lowest BCUT2D eigenvalue weighted by Gasteiger charge is -2.32. The molecule has 4 aromatic rings. The summed E-state index contributed by atoms with van der Waals surface area (Å²) < 4.78 is 39.5. The SMILES string of the molecule is CCOc1ccc2ccccc2c1C(=O)N1CCC(Oc2nc3c(F)cc(F)cc3s2)CC1. The highest BCUT2D eigenvalue weighted by molar-refractivity contribution is 7.20. The van der Waals surface area contributed by atoms with Crippen LogP contribution >= 0.6 is 11.3 Å². The second kappa shape index (κ2) is 8.94. The number of aromatic nitrogens is 1. The molecule has 2 heterocycles. The summed E-state index contributed by atoms with van der Waals surface area (Å²) in [6.45, 7) is 3.41. The standard InChI is InChI=1S/C25H22F2N2O3S/c1-2-31-20-8-7-15-5-3-4-6-18(15)22(20)24(30)29-11-9-17(10-12-29)32-25-28-23-19(27)13-16(26)14-21(23)33-25/h3-8,13-14,17H,2,9-12H2,1H3. The number of carbonyl (C=O) groups excluding carboxylic acids is 1. The van der Waals surface area contributed by atoms with Gasteiger partial charge >= 0.3 is 0 Å². The van der Waals surface area contributed by atoms with Crippen molar-refractivity contribution in [2.45, 2.75) is 25.9 Å². The largest absolute Gasteiger partial charge is 0.493 e. The Kier molecular flexibility index (Phi) is 5.85. The monoisotopic (exact) mass is 468 g/mol. The number of piperidine rings is 1. The minimum Gasteiger partial charge on any atom is -0.493 e. The van der Waals surface area contributed by atoms with Crippen LogP contribution in [0, 0.1) is 11.6 Å². The van der Waals surface area contributed by atoms with Crippen molar-refractivity contribution in [1.29, 1.82) is 0 Å². The molecule has 1 fully saturated rings. The van der Waals surface area contributed by atoms with E-state index in [9.17, 15) is 13.6 Å². The van der Waals surface area contributed by atoms with Crippen LogP contribution in [0.4, 0.5) is 8.78 Å². The van der Waals surface area contributed by atoms with Crippen LogP contribution < -0.4 is 9.47 Å². The molecule has 0 saturated carbocycles. The highest BCUT2D eigenvalue weighted by atomic mass is 32.1. The smallest absolute Gasteiger partial charge is 0.274 e. The number of nitrogens with zero attached hydrogens (tertiary/aromatic N) is 2. The van der Waals surface area contributed by atoms with Gasteiger partial charge in [-0.25, -0.2) is 8.78 Å². The Bertz CT molecular complexity index is 1330. The van der Waals surface area contributed by atoms with E-state index in [0.717, 1.165) is 28.2 Å². The summed E-state index contributed by atoms with van der Waals surface area (Å²) in [6.07, 6.45) is 1.09. The molecule has 170 valence electrons. The van der Waals surface area contributed by atoms with Crippen molar-refractivity contribution in [3.05, 3.63) is 65.7 Å². The van der Waals surface area contributed by atoms with Gasteiger partial charge in [-0.3, -0.25) is 4.79 Å². The van der Waals surface area contributed by atoms with Gasteiger partial charge in [-0.05, 0) is 29.8 Å². The quantitative estimate of drug-likeness (QED) is 0.371. The predicted molar refractivity (Wildman–Crippen MR) is 124 cm³/mol. The first kappa shape index (κ1) is 21.6. The average molecular weight is 469 g/mol. The van der Waals surface area contributed by atoms with Crippen molar-refractivity contribution < 1.29 is 23.0 Å². The van der Waals surface area contributed by atoms with Gasteiger partial charge < -0.3 is 14.4 Å². The number of halogens is 2. The number of rotatable bonds is 5. The number of thiazole rings is 1. The average Bonchev–Trinajstić information content (AvgIpc) is 3.22. The third-order valence-corrected chi connectivity index (χ3v) is 6.69. The minimum absolute atomic E-state index is 0.0637. The molecule has 5 rings (SSSR count). The van der Waals surface area contributed by atoms with Gasteiger partial charge in [-0.2, -0.15) is 4.98 Å². The molecule has 1 aromatic heterocycles. The maximum atomic E-state index is 13.9. The summed E-state index contributed by atoms with van der Waals surface area (Å²) in [5.74, 6) is -0.812. The highest BCUT2D eigenvalue weighted by Gasteiger charge is 2.28. The maximum Gasteiger partial charge on any atom is 0.274 e. The third-order valence-electron chi connectivity index (χ3n) is 5.79. The second-order valence-electron chi connectivity index (χ2n) is 7.92. The molecule has 8 heteroatoms. The van der Waals surface area contributed by atoms with Gasteiger partial charge in [0.25, 0.3) is 11.1 Å². The van der Waals surface area contributed by atoms with Crippen LogP contribution in [0.15, 0.2) is 48.5 Å². The fourth-order valence-corrected chi connectivity index (χ4v) is 5.13. The van der Waals surface area contributed by atoms with Crippen LogP contribution in [0.2, 0.25) is 0 Å². The van der Waals surface area contributed by atoms with Crippen LogP contribution in [0.5, 0.6) is 10.9 Å². The Morgan fingerprint density at radius 3 is 2.73 bits per heavy atom. The first-order valence-electron chi connectivity index (χ1n) is 10.9. The summed E-state index contributed by atoms with van der Waals surface area (Å²) in [6, 6.07) is 13.7. The van der Waals surface area contributed by atoms with Gasteiger partial charge in [0.1, 0.15) is 23.2 Å². The van der Waals surface area contributed by atoms with E-state index < -0.39 is 11.6 Å². The molecule has 1 aliphatic rings. The van der Waals surface area contributed by atoms with Gasteiger partial charge in [-0.1, -0.05) is 41.7 Å². The fraction of sp³-hybridized carbons (Fsp3) is 0.280. The molecule has 0 bridgehead atoms. The molecule has 0 aliphatic carbocycles. The van der Waals surface area contributed by atoms with E-state index in [0.29, 0.717) is 53.7 Å². The van der Waals surface area contributed by atoms with Crippen molar-refractivity contribution in [3.8, 4) is 10.9 Å². The lowest BCUT2D eigenvalue weighted by Crippen LogP contribution is -2.42. The summed E-state index contributed by atoms with van der Waals surface area (Å²) in [5, 5.41) is 2.17. The number of hydrogen-bond donors (Lipinski definition) is 0. The number of likely N-dealkylation sites (tertiary alicyclic amines) is 1. The van der Waals surface area contributed by atoms with Crippen LogP contribution in [0.3, 0.4) is 0 Å². The zero-order valence-electron chi connectivity index (χ0n) is 18.0. The molecule has 1 amide bonds. The first-order chi connectivity index (χ1) is 16.0. The normalized spacial score (nSPS) is 14.7. The maximum absolute atomic E-state index is 13.9. The molecule has 0 unspecified atom stereocenters. The molecular formula is C25H22F2N2O3S. The summed E-state index contributed by atoms with van der Waals surface area (Å²) >= 11 is 1.12. The van der Waals surface area contributed by atoms with Crippen LogP contribution in [0.1, 0.15) is 30.1 Å². The van der Waals surface area contributed by atoms with Crippen molar-refractivity contribution >= 4 is 38.2 Å². The third kappa shape index (κ3) is 4.23.